The van der Waals surface area contributed by atoms with Crippen molar-refractivity contribution in [2.75, 3.05) is 26.5 Å². The second kappa shape index (κ2) is 11.8. The summed E-state index contributed by atoms with van der Waals surface area (Å²) in [5.41, 5.74) is 4.30. The minimum Gasteiger partial charge on any atom is -0.383 e. The molecule has 0 aliphatic heterocycles. The standard InChI is InChI=1S/C28H30N4O2S/c1-21-11-10-16-24(19-21)27-29-30-28(32(27)17-18-34-3)35-20-25(33)31(2)26(22-12-6-4-7-13-22)23-14-8-5-9-15-23/h4-16,19,26H,17-18,20H2,1-3H3. The zero-order valence-corrected chi connectivity index (χ0v) is 21.1. The smallest absolute Gasteiger partial charge is 0.233 e. The van der Waals surface area contributed by atoms with E-state index in [9.17, 15) is 4.79 Å². The zero-order valence-electron chi connectivity index (χ0n) is 20.3. The Labute approximate surface area is 211 Å². The molecule has 7 heteroatoms. The topological polar surface area (TPSA) is 60.2 Å². The summed E-state index contributed by atoms with van der Waals surface area (Å²) in [4.78, 5) is 15.2. The molecule has 4 rings (SSSR count). The SMILES string of the molecule is COCCn1c(SCC(=O)N(C)C(c2ccccc2)c2ccccc2)nnc1-c1cccc(C)c1. The van der Waals surface area contributed by atoms with E-state index < -0.39 is 0 Å². The van der Waals surface area contributed by atoms with E-state index in [0.29, 0.717) is 18.3 Å². The third-order valence-corrected chi connectivity index (χ3v) is 6.80. The van der Waals surface area contributed by atoms with Gasteiger partial charge in [0.15, 0.2) is 11.0 Å². The van der Waals surface area contributed by atoms with E-state index in [4.69, 9.17) is 4.74 Å². The molecule has 0 radical (unpaired) electrons. The molecule has 0 fully saturated rings. The van der Waals surface area contributed by atoms with Crippen LogP contribution >= 0.6 is 11.8 Å². The molecule has 0 saturated carbocycles. The summed E-state index contributed by atoms with van der Waals surface area (Å²) in [5, 5.41) is 9.57. The molecule has 0 bridgehead atoms. The maximum absolute atomic E-state index is 13.4. The van der Waals surface area contributed by atoms with E-state index in [0.717, 1.165) is 28.1 Å². The van der Waals surface area contributed by atoms with Gasteiger partial charge in [-0.2, -0.15) is 0 Å². The summed E-state index contributed by atoms with van der Waals surface area (Å²) in [6.07, 6.45) is 0. The molecule has 1 aromatic heterocycles. The van der Waals surface area contributed by atoms with Crippen molar-refractivity contribution in [1.82, 2.24) is 19.7 Å². The summed E-state index contributed by atoms with van der Waals surface area (Å²) < 4.78 is 7.35. The van der Waals surface area contributed by atoms with Gasteiger partial charge in [0.2, 0.25) is 5.91 Å². The molecule has 0 atom stereocenters. The summed E-state index contributed by atoms with van der Waals surface area (Å²) in [5.74, 6) is 1.05. The molecule has 1 amide bonds. The van der Waals surface area contributed by atoms with E-state index in [1.54, 1.807) is 7.11 Å². The Balaban J connectivity index is 1.55. The maximum Gasteiger partial charge on any atom is 0.233 e. The van der Waals surface area contributed by atoms with Crippen LogP contribution in [0.25, 0.3) is 11.4 Å². The number of rotatable bonds is 10. The van der Waals surface area contributed by atoms with Crippen LogP contribution in [0.5, 0.6) is 0 Å². The summed E-state index contributed by atoms with van der Waals surface area (Å²) >= 11 is 1.40. The lowest BCUT2D eigenvalue weighted by Crippen LogP contribution is -2.33. The van der Waals surface area contributed by atoms with Gasteiger partial charge >= 0.3 is 0 Å². The maximum atomic E-state index is 13.4. The molecule has 0 N–H and O–H groups in total. The number of aryl methyl sites for hydroxylation is 1. The molecule has 0 aliphatic carbocycles. The van der Waals surface area contributed by atoms with Gasteiger partial charge in [0.05, 0.1) is 24.9 Å². The first kappa shape index (κ1) is 24.7. The molecule has 6 nitrogen and oxygen atoms in total. The van der Waals surface area contributed by atoms with Crippen LogP contribution in [-0.4, -0.2) is 52.1 Å². The van der Waals surface area contributed by atoms with Crippen molar-refractivity contribution in [2.45, 2.75) is 24.7 Å². The molecule has 0 spiro atoms. The van der Waals surface area contributed by atoms with Gasteiger partial charge < -0.3 is 9.64 Å². The molecule has 35 heavy (non-hydrogen) atoms. The Morgan fingerprint density at radius 2 is 1.63 bits per heavy atom. The highest BCUT2D eigenvalue weighted by atomic mass is 32.2. The first-order valence-electron chi connectivity index (χ1n) is 11.6. The first-order chi connectivity index (χ1) is 17.1. The van der Waals surface area contributed by atoms with Gasteiger partial charge in [-0.05, 0) is 24.1 Å². The number of thioether (sulfide) groups is 1. The number of nitrogens with zero attached hydrogens (tertiary/aromatic N) is 4. The number of methoxy groups -OCH3 is 1. The number of carbonyl (C=O) groups is 1. The van der Waals surface area contributed by atoms with Crippen LogP contribution in [0, 0.1) is 6.92 Å². The highest BCUT2D eigenvalue weighted by Crippen LogP contribution is 2.29. The van der Waals surface area contributed by atoms with Gasteiger partial charge in [-0.3, -0.25) is 9.36 Å². The van der Waals surface area contributed by atoms with Gasteiger partial charge in [0.25, 0.3) is 0 Å². The van der Waals surface area contributed by atoms with E-state index in [2.05, 4.69) is 53.5 Å². The lowest BCUT2D eigenvalue weighted by atomic mass is 9.97. The lowest BCUT2D eigenvalue weighted by molar-refractivity contribution is -0.128. The molecule has 180 valence electrons. The average molecular weight is 487 g/mol. The number of amides is 1. The lowest BCUT2D eigenvalue weighted by Gasteiger charge is -2.29. The molecule has 0 aliphatic rings. The summed E-state index contributed by atoms with van der Waals surface area (Å²) in [7, 11) is 3.54. The van der Waals surface area contributed by atoms with E-state index >= 15 is 0 Å². The van der Waals surface area contributed by atoms with Gasteiger partial charge in [0.1, 0.15) is 0 Å². The summed E-state index contributed by atoms with van der Waals surface area (Å²) in [6.45, 7) is 3.19. The van der Waals surface area contributed by atoms with Crippen LogP contribution in [0.1, 0.15) is 22.7 Å². The van der Waals surface area contributed by atoms with Gasteiger partial charge in [-0.15, -0.1) is 10.2 Å². The minimum atomic E-state index is -0.167. The van der Waals surface area contributed by atoms with Crippen LogP contribution in [-0.2, 0) is 16.1 Å². The average Bonchev–Trinajstić information content (AvgIpc) is 3.30. The first-order valence-corrected chi connectivity index (χ1v) is 12.5. The van der Waals surface area contributed by atoms with Gasteiger partial charge in [0, 0.05) is 19.7 Å². The number of aromatic nitrogens is 3. The van der Waals surface area contributed by atoms with Crippen LogP contribution in [0.2, 0.25) is 0 Å². The Morgan fingerprint density at radius 3 is 2.23 bits per heavy atom. The second-order valence-electron chi connectivity index (χ2n) is 8.34. The highest BCUT2D eigenvalue weighted by molar-refractivity contribution is 7.99. The fraction of sp³-hybridized carbons (Fsp3) is 0.250. The number of ether oxygens (including phenoxy) is 1. The molecule has 0 unspecified atom stereocenters. The second-order valence-corrected chi connectivity index (χ2v) is 9.28. The fourth-order valence-electron chi connectivity index (χ4n) is 4.06. The molecule has 4 aromatic rings. The Kier molecular flexibility index (Phi) is 8.34. The Hall–Kier alpha value is -3.42. The van der Waals surface area contributed by atoms with Crippen molar-refractivity contribution in [2.24, 2.45) is 0 Å². The van der Waals surface area contributed by atoms with E-state index in [-0.39, 0.29) is 17.7 Å². The monoisotopic (exact) mass is 486 g/mol. The van der Waals surface area contributed by atoms with Gasteiger partial charge in [-0.25, -0.2) is 0 Å². The number of hydrogen-bond donors (Lipinski definition) is 0. The van der Waals surface area contributed by atoms with Crippen molar-refractivity contribution in [3.63, 3.8) is 0 Å². The predicted octanol–water partition coefficient (Wildman–Crippen LogP) is 5.24. The number of hydrogen-bond acceptors (Lipinski definition) is 5. The van der Waals surface area contributed by atoms with Crippen molar-refractivity contribution in [3.8, 4) is 11.4 Å². The predicted molar refractivity (Wildman–Crippen MR) is 140 cm³/mol. The quantitative estimate of drug-likeness (QED) is 0.287. The third kappa shape index (κ3) is 5.99. The summed E-state index contributed by atoms with van der Waals surface area (Å²) in [6, 6.07) is 28.2. The van der Waals surface area contributed by atoms with Crippen LogP contribution in [0.4, 0.5) is 0 Å². The minimum absolute atomic E-state index is 0.0195. The van der Waals surface area contributed by atoms with Crippen molar-refractivity contribution in [3.05, 3.63) is 102 Å². The van der Waals surface area contributed by atoms with E-state index in [1.807, 2.05) is 65.0 Å². The Bertz CT molecular complexity index is 1200. The fourth-order valence-corrected chi connectivity index (χ4v) is 4.95. The molecule has 1 heterocycles. The van der Waals surface area contributed by atoms with Gasteiger partial charge in [-0.1, -0.05) is 96.2 Å². The van der Waals surface area contributed by atoms with Crippen LogP contribution in [0.3, 0.4) is 0 Å². The zero-order chi connectivity index (χ0) is 24.6. The normalized spacial score (nSPS) is 11.1. The highest BCUT2D eigenvalue weighted by Gasteiger charge is 2.24. The third-order valence-electron chi connectivity index (χ3n) is 5.85. The molecule has 3 aromatic carbocycles. The van der Waals surface area contributed by atoms with Crippen molar-refractivity contribution < 1.29 is 9.53 Å². The van der Waals surface area contributed by atoms with Crippen LogP contribution in [0.15, 0.2) is 90.1 Å². The van der Waals surface area contributed by atoms with Crippen molar-refractivity contribution in [1.29, 1.82) is 0 Å². The van der Waals surface area contributed by atoms with Crippen LogP contribution < -0.4 is 0 Å². The van der Waals surface area contributed by atoms with E-state index in [1.165, 1.54) is 11.8 Å². The van der Waals surface area contributed by atoms with Crippen molar-refractivity contribution >= 4 is 17.7 Å². The Morgan fingerprint density at radius 1 is 0.971 bits per heavy atom. The molecular weight excluding hydrogens is 456 g/mol. The number of carbonyl (C=O) groups excluding carboxylic acids is 1. The number of benzene rings is 3. The largest absolute Gasteiger partial charge is 0.383 e. The molecule has 0 saturated heterocycles. The molecular formula is C28H30N4O2S.